The van der Waals surface area contributed by atoms with Gasteiger partial charge in [0.05, 0.1) is 7.11 Å². The van der Waals surface area contributed by atoms with E-state index in [2.05, 4.69) is 13.8 Å². The quantitative estimate of drug-likeness (QED) is 0.824. The first-order valence-corrected chi connectivity index (χ1v) is 6.51. The number of carboxylic acids is 1. The van der Waals surface area contributed by atoms with E-state index in [1.807, 2.05) is 0 Å². The maximum absolute atomic E-state index is 13.7. The monoisotopic (exact) mass is 268 g/mol. The van der Waals surface area contributed by atoms with Crippen LogP contribution in [0.2, 0.25) is 0 Å². The van der Waals surface area contributed by atoms with Crippen LogP contribution < -0.4 is 4.74 Å². The highest BCUT2D eigenvalue weighted by atomic mass is 19.1. The van der Waals surface area contributed by atoms with Crippen LogP contribution in [0, 0.1) is 11.7 Å². The molecule has 0 radical (unpaired) electrons. The number of methoxy groups -OCH3 is 1. The summed E-state index contributed by atoms with van der Waals surface area (Å²) < 4.78 is 18.7. The summed E-state index contributed by atoms with van der Waals surface area (Å²) in [7, 11) is 1.43. The Kier molecular flexibility index (Phi) is 5.80. The zero-order chi connectivity index (χ0) is 14.4. The third kappa shape index (κ3) is 4.89. The second-order valence-corrected chi connectivity index (χ2v) is 5.08. The summed E-state index contributed by atoms with van der Waals surface area (Å²) in [6, 6.07) is 3.09. The molecule has 1 rings (SSSR count). The van der Waals surface area contributed by atoms with Crippen molar-refractivity contribution in [2.75, 3.05) is 7.11 Å². The predicted molar refractivity (Wildman–Crippen MR) is 72.1 cm³/mol. The van der Waals surface area contributed by atoms with Gasteiger partial charge in [0.1, 0.15) is 0 Å². The van der Waals surface area contributed by atoms with Gasteiger partial charge in [0, 0.05) is 6.42 Å². The number of aryl methyl sites for hydroxylation is 2. The van der Waals surface area contributed by atoms with Gasteiger partial charge in [-0.15, -0.1) is 0 Å². The van der Waals surface area contributed by atoms with Gasteiger partial charge in [-0.3, -0.25) is 4.79 Å². The van der Waals surface area contributed by atoms with Crippen molar-refractivity contribution in [1.82, 2.24) is 0 Å². The molecule has 0 amide bonds. The lowest BCUT2D eigenvalue weighted by Crippen LogP contribution is -2.04. The Morgan fingerprint density at radius 1 is 1.32 bits per heavy atom. The highest BCUT2D eigenvalue weighted by Gasteiger charge is 2.12. The number of hydrogen-bond acceptors (Lipinski definition) is 2. The Labute approximate surface area is 113 Å². The van der Waals surface area contributed by atoms with Gasteiger partial charge >= 0.3 is 5.97 Å². The molecule has 0 aliphatic heterocycles. The molecule has 0 spiro atoms. The van der Waals surface area contributed by atoms with Gasteiger partial charge in [0.2, 0.25) is 0 Å². The fourth-order valence-corrected chi connectivity index (χ4v) is 1.94. The average Bonchev–Trinajstić information content (AvgIpc) is 2.34. The minimum atomic E-state index is -0.869. The fourth-order valence-electron chi connectivity index (χ4n) is 1.94. The maximum Gasteiger partial charge on any atom is 0.303 e. The normalized spacial score (nSPS) is 10.8. The second kappa shape index (κ2) is 7.12. The topological polar surface area (TPSA) is 46.5 Å². The molecule has 0 heterocycles. The van der Waals surface area contributed by atoms with Crippen LogP contribution in [0.25, 0.3) is 0 Å². The Morgan fingerprint density at radius 3 is 2.47 bits per heavy atom. The molecule has 0 aromatic heterocycles. The molecular weight excluding hydrogens is 247 g/mol. The predicted octanol–water partition coefficient (Wildman–Crippen LogP) is 3.44. The number of rotatable bonds is 7. The summed E-state index contributed by atoms with van der Waals surface area (Å²) in [4.78, 5) is 10.6. The summed E-state index contributed by atoms with van der Waals surface area (Å²) >= 11 is 0. The Bertz CT molecular complexity index is 441. The number of hydrogen-bond donors (Lipinski definition) is 1. The average molecular weight is 268 g/mol. The van der Waals surface area contributed by atoms with Crippen LogP contribution in [0.3, 0.4) is 0 Å². The Balaban J connectivity index is 2.96. The lowest BCUT2D eigenvalue weighted by Gasteiger charge is -2.13. The molecule has 0 unspecified atom stereocenters. The highest BCUT2D eigenvalue weighted by Crippen LogP contribution is 2.25. The molecule has 4 heteroatoms. The number of ether oxygens (including phenoxy) is 1. The van der Waals surface area contributed by atoms with Crippen LogP contribution in [0.5, 0.6) is 5.75 Å². The summed E-state index contributed by atoms with van der Waals surface area (Å²) in [6.07, 6.45) is 2.16. The van der Waals surface area contributed by atoms with E-state index in [-0.39, 0.29) is 12.2 Å². The van der Waals surface area contributed by atoms with Gasteiger partial charge in [-0.25, -0.2) is 4.39 Å². The van der Waals surface area contributed by atoms with E-state index in [4.69, 9.17) is 9.84 Å². The van der Waals surface area contributed by atoms with E-state index < -0.39 is 11.8 Å². The largest absolute Gasteiger partial charge is 0.494 e. The van der Waals surface area contributed by atoms with E-state index in [1.165, 1.54) is 13.2 Å². The van der Waals surface area contributed by atoms with Gasteiger partial charge in [-0.1, -0.05) is 13.8 Å². The van der Waals surface area contributed by atoms with Crippen molar-refractivity contribution in [3.8, 4) is 5.75 Å². The van der Waals surface area contributed by atoms with Gasteiger partial charge in [-0.05, 0) is 48.4 Å². The highest BCUT2D eigenvalue weighted by molar-refractivity contribution is 5.67. The van der Waals surface area contributed by atoms with Crippen molar-refractivity contribution in [2.24, 2.45) is 5.92 Å². The molecule has 0 atom stereocenters. The number of carbonyl (C=O) groups is 1. The molecule has 0 saturated heterocycles. The summed E-state index contributed by atoms with van der Waals surface area (Å²) in [5, 5.41) is 8.74. The van der Waals surface area contributed by atoms with Gasteiger partial charge in [0.25, 0.3) is 0 Å². The van der Waals surface area contributed by atoms with Gasteiger partial charge < -0.3 is 9.84 Å². The third-order valence-electron chi connectivity index (χ3n) is 3.07. The van der Waals surface area contributed by atoms with Crippen LogP contribution in [0.1, 0.15) is 37.8 Å². The minimum absolute atomic E-state index is 0.0143. The van der Waals surface area contributed by atoms with Gasteiger partial charge in [-0.2, -0.15) is 0 Å². The lowest BCUT2D eigenvalue weighted by molar-refractivity contribution is -0.136. The van der Waals surface area contributed by atoms with Crippen LogP contribution in [0.4, 0.5) is 4.39 Å². The van der Waals surface area contributed by atoms with Crippen LogP contribution in [0.15, 0.2) is 12.1 Å². The molecule has 19 heavy (non-hydrogen) atoms. The molecule has 0 aliphatic carbocycles. The minimum Gasteiger partial charge on any atom is -0.494 e. The van der Waals surface area contributed by atoms with Crippen molar-refractivity contribution < 1.29 is 19.0 Å². The van der Waals surface area contributed by atoms with Crippen molar-refractivity contribution in [3.05, 3.63) is 29.1 Å². The number of aliphatic carboxylic acids is 1. The molecule has 1 aromatic rings. The zero-order valence-corrected chi connectivity index (χ0v) is 11.7. The summed E-state index contributed by atoms with van der Waals surface area (Å²) in [5.41, 5.74) is 1.74. The van der Waals surface area contributed by atoms with Crippen LogP contribution in [-0.4, -0.2) is 18.2 Å². The number of benzene rings is 1. The molecule has 3 nitrogen and oxygen atoms in total. The number of carboxylic acid groups (broad SMARTS) is 1. The third-order valence-corrected chi connectivity index (χ3v) is 3.07. The van der Waals surface area contributed by atoms with E-state index in [0.717, 1.165) is 24.0 Å². The Morgan fingerprint density at radius 2 is 1.95 bits per heavy atom. The Hall–Kier alpha value is -1.58. The molecule has 1 N–H and O–H groups in total. The SMILES string of the molecule is COc1cc(CCC(C)C)c(CCC(=O)O)cc1F. The smallest absolute Gasteiger partial charge is 0.303 e. The van der Waals surface area contributed by atoms with E-state index >= 15 is 0 Å². The molecule has 0 fully saturated rings. The summed E-state index contributed by atoms with van der Waals surface area (Å²) in [5.74, 6) is -0.538. The van der Waals surface area contributed by atoms with Crippen LogP contribution in [-0.2, 0) is 17.6 Å². The van der Waals surface area contributed by atoms with Gasteiger partial charge in [0.15, 0.2) is 11.6 Å². The van der Waals surface area contributed by atoms with Crippen molar-refractivity contribution in [3.63, 3.8) is 0 Å². The maximum atomic E-state index is 13.7. The molecular formula is C15H21FO3. The van der Waals surface area contributed by atoms with Crippen molar-refractivity contribution >= 4 is 5.97 Å². The fraction of sp³-hybridized carbons (Fsp3) is 0.533. The first kappa shape index (κ1) is 15.5. The van der Waals surface area contributed by atoms with E-state index in [9.17, 15) is 9.18 Å². The first-order valence-electron chi connectivity index (χ1n) is 6.51. The first-order chi connectivity index (χ1) is 8.93. The van der Waals surface area contributed by atoms with Crippen molar-refractivity contribution in [2.45, 2.75) is 39.5 Å². The molecule has 106 valence electrons. The molecule has 1 aromatic carbocycles. The lowest BCUT2D eigenvalue weighted by atomic mass is 9.95. The summed E-state index contributed by atoms with van der Waals surface area (Å²) in [6.45, 7) is 4.25. The van der Waals surface area contributed by atoms with Crippen LogP contribution >= 0.6 is 0 Å². The standard InChI is InChI=1S/C15H21FO3/c1-10(2)4-5-12-9-14(19-3)13(16)8-11(12)6-7-15(17)18/h8-10H,4-7H2,1-3H3,(H,17,18). The van der Waals surface area contributed by atoms with E-state index in [1.54, 1.807) is 6.07 Å². The van der Waals surface area contributed by atoms with Crippen molar-refractivity contribution in [1.29, 1.82) is 0 Å². The number of halogens is 1. The molecule has 0 bridgehead atoms. The molecule has 0 aliphatic rings. The zero-order valence-electron chi connectivity index (χ0n) is 11.7. The molecule has 0 saturated carbocycles. The second-order valence-electron chi connectivity index (χ2n) is 5.08. The van der Waals surface area contributed by atoms with E-state index in [0.29, 0.717) is 12.3 Å².